The summed E-state index contributed by atoms with van der Waals surface area (Å²) in [5.74, 6) is -0.296. The van der Waals surface area contributed by atoms with Crippen molar-refractivity contribution in [3.63, 3.8) is 0 Å². The Morgan fingerprint density at radius 1 is 0.778 bits per heavy atom. The minimum absolute atomic E-state index is 0.350. The molecule has 0 atom stereocenters. The van der Waals surface area contributed by atoms with E-state index in [0.29, 0.717) is 58.2 Å². The fraction of sp³-hybridized carbons (Fsp3) is 0.267. The lowest BCUT2D eigenvalue weighted by atomic mass is 9.97. The Hall–Kier alpha value is -3.41. The van der Waals surface area contributed by atoms with Crippen molar-refractivity contribution in [1.82, 2.24) is 0 Å². The van der Waals surface area contributed by atoms with E-state index < -0.39 is 17.6 Å². The summed E-state index contributed by atoms with van der Waals surface area (Å²) in [7, 11) is 0. The van der Waals surface area contributed by atoms with Crippen molar-refractivity contribution in [3.8, 4) is 16.9 Å². The molecule has 0 bridgehead atoms. The summed E-state index contributed by atoms with van der Waals surface area (Å²) >= 11 is 0. The maximum Gasteiger partial charge on any atom is 0.416 e. The highest BCUT2D eigenvalue weighted by Gasteiger charge is 2.29. The number of rotatable bonds is 9. The molecular weight excluding hydrogens is 471 g/mol. The van der Waals surface area contributed by atoms with Gasteiger partial charge in [-0.25, -0.2) is 8.78 Å². The Labute approximate surface area is 207 Å². The second-order valence-electron chi connectivity index (χ2n) is 8.87. The number of hydrogen-bond acceptors (Lipinski definition) is 1. The molecule has 4 rings (SSSR count). The molecule has 0 fully saturated rings. The zero-order valence-corrected chi connectivity index (χ0v) is 20.0. The maximum absolute atomic E-state index is 15.2. The molecule has 0 aromatic heterocycles. The van der Waals surface area contributed by atoms with Crippen molar-refractivity contribution in [2.75, 3.05) is 6.61 Å². The van der Waals surface area contributed by atoms with Gasteiger partial charge < -0.3 is 4.74 Å². The molecule has 0 radical (unpaired) electrons. The van der Waals surface area contributed by atoms with Gasteiger partial charge in [0.2, 0.25) is 0 Å². The van der Waals surface area contributed by atoms with Crippen LogP contribution in [-0.2, 0) is 19.0 Å². The van der Waals surface area contributed by atoms with Crippen LogP contribution in [0.15, 0.2) is 72.8 Å². The van der Waals surface area contributed by atoms with Gasteiger partial charge in [0, 0.05) is 17.0 Å². The molecule has 0 unspecified atom stereocenters. The van der Waals surface area contributed by atoms with Crippen molar-refractivity contribution in [2.45, 2.75) is 45.2 Å². The van der Waals surface area contributed by atoms with Gasteiger partial charge in [-0.15, -0.1) is 0 Å². The van der Waals surface area contributed by atoms with Crippen LogP contribution in [0.3, 0.4) is 0 Å². The van der Waals surface area contributed by atoms with E-state index in [-0.39, 0.29) is 5.82 Å². The molecule has 188 valence electrons. The maximum atomic E-state index is 15.2. The number of alkyl halides is 3. The van der Waals surface area contributed by atoms with Crippen molar-refractivity contribution in [2.24, 2.45) is 0 Å². The van der Waals surface area contributed by atoms with Gasteiger partial charge in [0.15, 0.2) is 0 Å². The highest BCUT2D eigenvalue weighted by Crippen LogP contribution is 2.32. The molecule has 4 aromatic carbocycles. The summed E-state index contributed by atoms with van der Waals surface area (Å²) in [5.41, 5.74) is 1.51. The van der Waals surface area contributed by atoms with E-state index in [1.54, 1.807) is 42.5 Å². The lowest BCUT2D eigenvalue weighted by Gasteiger charge is -2.11. The molecule has 1 nitrogen and oxygen atoms in total. The fourth-order valence-corrected chi connectivity index (χ4v) is 4.20. The Bertz CT molecular complexity index is 1330. The van der Waals surface area contributed by atoms with E-state index in [4.69, 9.17) is 4.74 Å². The number of fused-ring (bicyclic) bond motifs is 1. The smallest absolute Gasteiger partial charge is 0.416 e. The minimum atomic E-state index is -4.38. The van der Waals surface area contributed by atoms with Gasteiger partial charge in [-0.05, 0) is 71.7 Å². The van der Waals surface area contributed by atoms with Crippen LogP contribution in [0, 0.1) is 11.6 Å². The predicted octanol–water partition coefficient (Wildman–Crippen LogP) is 9.16. The molecule has 0 amide bonds. The quantitative estimate of drug-likeness (QED) is 0.165. The summed E-state index contributed by atoms with van der Waals surface area (Å²) in [6.07, 6.45) is -0.554. The number of aryl methyl sites for hydroxylation is 2. The van der Waals surface area contributed by atoms with Crippen molar-refractivity contribution in [3.05, 3.63) is 101 Å². The summed E-state index contributed by atoms with van der Waals surface area (Å²) in [6, 6.07) is 18.2. The van der Waals surface area contributed by atoms with Gasteiger partial charge >= 0.3 is 6.18 Å². The van der Waals surface area contributed by atoms with Crippen molar-refractivity contribution >= 4 is 10.8 Å². The summed E-state index contributed by atoms with van der Waals surface area (Å²) in [6.45, 7) is 2.65. The van der Waals surface area contributed by atoms with Gasteiger partial charge in [0.1, 0.15) is 17.4 Å². The SMILES string of the molecule is CCCCCOc1ccc(-c2ccc3c(F)c(CCc4ccc(C(F)(F)F)cc4)ccc3c2)c(F)c1. The standard InChI is InChI=1S/C30H27F5O/c1-2-3-4-17-36-25-14-16-26(28(31)19-25)22-11-15-27-23(18-22)10-9-21(29(27)32)8-5-20-6-12-24(13-7-20)30(33,34)35/h6-7,9-16,18-19H,2-5,8,17H2,1H3. The van der Waals surface area contributed by atoms with Crippen LogP contribution in [0.5, 0.6) is 5.75 Å². The summed E-state index contributed by atoms with van der Waals surface area (Å²) < 4.78 is 73.8. The highest BCUT2D eigenvalue weighted by molar-refractivity contribution is 5.88. The minimum Gasteiger partial charge on any atom is -0.493 e. The van der Waals surface area contributed by atoms with Crippen LogP contribution in [0.25, 0.3) is 21.9 Å². The summed E-state index contributed by atoms with van der Waals surface area (Å²) in [4.78, 5) is 0. The van der Waals surface area contributed by atoms with Gasteiger partial charge in [-0.1, -0.05) is 56.2 Å². The molecule has 0 heterocycles. The van der Waals surface area contributed by atoms with E-state index in [1.165, 1.54) is 18.2 Å². The van der Waals surface area contributed by atoms with Crippen molar-refractivity contribution in [1.29, 1.82) is 0 Å². The topological polar surface area (TPSA) is 9.23 Å². The number of halogens is 5. The lowest BCUT2D eigenvalue weighted by Crippen LogP contribution is -2.04. The van der Waals surface area contributed by atoms with E-state index in [2.05, 4.69) is 6.92 Å². The second kappa shape index (κ2) is 11.1. The third-order valence-electron chi connectivity index (χ3n) is 6.27. The molecule has 0 saturated heterocycles. The van der Waals surface area contributed by atoms with Crippen LogP contribution >= 0.6 is 0 Å². The first kappa shape index (κ1) is 25.7. The van der Waals surface area contributed by atoms with Crippen LogP contribution in [-0.4, -0.2) is 6.61 Å². The Morgan fingerprint density at radius 3 is 2.25 bits per heavy atom. The number of unbranched alkanes of at least 4 members (excludes halogenated alkanes) is 2. The first-order chi connectivity index (χ1) is 17.3. The van der Waals surface area contributed by atoms with Crippen molar-refractivity contribution < 1.29 is 26.7 Å². The largest absolute Gasteiger partial charge is 0.493 e. The van der Waals surface area contributed by atoms with Crippen LogP contribution < -0.4 is 4.74 Å². The fourth-order valence-electron chi connectivity index (χ4n) is 4.20. The van der Waals surface area contributed by atoms with Crippen LogP contribution in [0.4, 0.5) is 22.0 Å². The molecule has 0 spiro atoms. The van der Waals surface area contributed by atoms with Crippen LogP contribution in [0.2, 0.25) is 0 Å². The van der Waals surface area contributed by atoms with E-state index in [0.717, 1.165) is 31.4 Å². The molecule has 0 aliphatic heterocycles. The molecule has 4 aromatic rings. The molecule has 36 heavy (non-hydrogen) atoms. The summed E-state index contributed by atoms with van der Waals surface area (Å²) in [5, 5.41) is 1.06. The first-order valence-electron chi connectivity index (χ1n) is 12.1. The number of benzene rings is 4. The molecule has 0 aliphatic carbocycles. The van der Waals surface area contributed by atoms with E-state index >= 15 is 4.39 Å². The first-order valence-corrected chi connectivity index (χ1v) is 12.1. The zero-order chi connectivity index (χ0) is 25.7. The van der Waals surface area contributed by atoms with Gasteiger partial charge in [-0.2, -0.15) is 13.2 Å². The lowest BCUT2D eigenvalue weighted by molar-refractivity contribution is -0.137. The third-order valence-corrected chi connectivity index (χ3v) is 6.27. The molecule has 0 N–H and O–H groups in total. The highest BCUT2D eigenvalue weighted by atomic mass is 19.4. The number of ether oxygens (including phenoxy) is 1. The van der Waals surface area contributed by atoms with E-state index in [1.807, 2.05) is 0 Å². The average molecular weight is 499 g/mol. The van der Waals surface area contributed by atoms with E-state index in [9.17, 15) is 17.6 Å². The third kappa shape index (κ3) is 6.04. The number of hydrogen-bond donors (Lipinski definition) is 0. The van der Waals surface area contributed by atoms with Gasteiger partial charge in [0.25, 0.3) is 0 Å². The Morgan fingerprint density at radius 2 is 1.56 bits per heavy atom. The van der Waals surface area contributed by atoms with Gasteiger partial charge in [-0.3, -0.25) is 0 Å². The Kier molecular flexibility index (Phi) is 7.92. The molecule has 6 heteroatoms. The zero-order valence-electron chi connectivity index (χ0n) is 20.0. The average Bonchev–Trinajstić information content (AvgIpc) is 2.86. The van der Waals surface area contributed by atoms with Crippen LogP contribution in [0.1, 0.15) is 42.9 Å². The predicted molar refractivity (Wildman–Crippen MR) is 133 cm³/mol. The molecule has 0 aliphatic rings. The molecule has 0 saturated carbocycles. The Balaban J connectivity index is 1.48. The van der Waals surface area contributed by atoms with Gasteiger partial charge in [0.05, 0.1) is 12.2 Å². The molecular formula is C30H27F5O. The normalized spacial score (nSPS) is 11.7. The second-order valence-corrected chi connectivity index (χ2v) is 8.87. The monoisotopic (exact) mass is 498 g/mol.